The highest BCUT2D eigenvalue weighted by atomic mass is 16.4. The highest BCUT2D eigenvalue weighted by molar-refractivity contribution is 5.69. The first kappa shape index (κ1) is 20.9. The Hall–Kier alpha value is -2.87. The number of aryl methyl sites for hydroxylation is 4. The number of carboxylic acid groups (broad SMARTS) is 1. The van der Waals surface area contributed by atoms with Crippen LogP contribution in [0.1, 0.15) is 41.2 Å². The third-order valence-electron chi connectivity index (χ3n) is 5.90. The smallest absolute Gasteiger partial charge is 0.306 e. The zero-order valence-electron chi connectivity index (χ0n) is 17.6. The molecular weight excluding hydrogens is 356 g/mol. The molecule has 0 bridgehead atoms. The summed E-state index contributed by atoms with van der Waals surface area (Å²) in [5.74, 6) is -1.02. The van der Waals surface area contributed by atoms with Gasteiger partial charge in [0.05, 0.1) is 5.92 Å². The Bertz CT molecular complexity index is 973. The summed E-state index contributed by atoms with van der Waals surface area (Å²) in [6.45, 7) is 6.15. The number of carbonyl (C=O) groups is 1. The minimum atomic E-state index is -0.717. The van der Waals surface area contributed by atoms with Crippen LogP contribution in [0.25, 0.3) is 11.1 Å². The number of rotatable bonds is 8. The maximum absolute atomic E-state index is 11.1. The van der Waals surface area contributed by atoms with E-state index in [9.17, 15) is 4.79 Å². The average Bonchev–Trinajstić information content (AvgIpc) is 2.73. The molecule has 1 N–H and O–H groups in total. The molecule has 0 radical (unpaired) electrons. The summed E-state index contributed by atoms with van der Waals surface area (Å²) in [5.41, 5.74) is 9.19. The van der Waals surface area contributed by atoms with E-state index in [4.69, 9.17) is 5.11 Å². The Morgan fingerprint density at radius 3 is 2.31 bits per heavy atom. The van der Waals surface area contributed by atoms with E-state index in [2.05, 4.69) is 80.6 Å². The quantitative estimate of drug-likeness (QED) is 0.486. The summed E-state index contributed by atoms with van der Waals surface area (Å²) in [5, 5.41) is 9.10. The molecule has 3 rings (SSSR count). The highest BCUT2D eigenvalue weighted by Crippen LogP contribution is 2.27. The minimum absolute atomic E-state index is 0.303. The molecule has 1 atom stereocenters. The molecule has 0 aliphatic heterocycles. The predicted octanol–water partition coefficient (Wildman–Crippen LogP) is 6.41. The van der Waals surface area contributed by atoms with Crippen molar-refractivity contribution in [1.29, 1.82) is 0 Å². The molecule has 3 aromatic carbocycles. The van der Waals surface area contributed by atoms with Crippen molar-refractivity contribution >= 4 is 5.97 Å². The van der Waals surface area contributed by atoms with Crippen LogP contribution < -0.4 is 0 Å². The second kappa shape index (κ2) is 9.56. The van der Waals surface area contributed by atoms with Gasteiger partial charge in [-0.3, -0.25) is 4.79 Å². The number of hydrogen-bond donors (Lipinski definition) is 1. The van der Waals surface area contributed by atoms with Gasteiger partial charge in [-0.05, 0) is 78.5 Å². The molecule has 0 saturated heterocycles. The number of aliphatic carboxylic acids is 1. The van der Waals surface area contributed by atoms with Crippen LogP contribution in [-0.4, -0.2) is 11.1 Å². The Balaban J connectivity index is 1.73. The monoisotopic (exact) mass is 386 g/mol. The van der Waals surface area contributed by atoms with Crippen molar-refractivity contribution in [2.75, 3.05) is 0 Å². The summed E-state index contributed by atoms with van der Waals surface area (Å²) < 4.78 is 0. The van der Waals surface area contributed by atoms with Crippen molar-refractivity contribution in [1.82, 2.24) is 0 Å². The van der Waals surface area contributed by atoms with E-state index in [1.807, 2.05) is 0 Å². The van der Waals surface area contributed by atoms with Crippen LogP contribution in [0.5, 0.6) is 0 Å². The van der Waals surface area contributed by atoms with Crippen LogP contribution >= 0.6 is 0 Å². The van der Waals surface area contributed by atoms with E-state index in [1.165, 1.54) is 38.9 Å². The lowest BCUT2D eigenvalue weighted by Crippen LogP contribution is -2.10. The zero-order chi connectivity index (χ0) is 20.8. The van der Waals surface area contributed by atoms with E-state index < -0.39 is 5.97 Å². The van der Waals surface area contributed by atoms with Gasteiger partial charge in [-0.15, -0.1) is 0 Å². The summed E-state index contributed by atoms with van der Waals surface area (Å²) >= 11 is 0. The van der Waals surface area contributed by atoms with Crippen molar-refractivity contribution in [3.63, 3.8) is 0 Å². The minimum Gasteiger partial charge on any atom is -0.481 e. The first-order valence-corrected chi connectivity index (χ1v) is 10.4. The van der Waals surface area contributed by atoms with Gasteiger partial charge < -0.3 is 5.11 Å². The van der Waals surface area contributed by atoms with Crippen LogP contribution in [0, 0.1) is 19.8 Å². The van der Waals surface area contributed by atoms with Crippen molar-refractivity contribution in [2.24, 2.45) is 5.92 Å². The van der Waals surface area contributed by atoms with Gasteiger partial charge in [0.1, 0.15) is 0 Å². The third kappa shape index (κ3) is 5.35. The van der Waals surface area contributed by atoms with Gasteiger partial charge in [0.15, 0.2) is 0 Å². The molecule has 0 aliphatic rings. The summed E-state index contributed by atoms with van der Waals surface area (Å²) in [6.07, 6.45) is 3.48. The number of carboxylic acids is 1. The molecular formula is C27H30O2. The van der Waals surface area contributed by atoms with Crippen LogP contribution in [0.2, 0.25) is 0 Å². The van der Waals surface area contributed by atoms with Crippen molar-refractivity contribution in [2.45, 2.75) is 46.5 Å². The molecule has 2 nitrogen and oxygen atoms in total. The summed E-state index contributed by atoms with van der Waals surface area (Å²) in [7, 11) is 0. The van der Waals surface area contributed by atoms with E-state index in [-0.39, 0.29) is 5.92 Å². The van der Waals surface area contributed by atoms with Gasteiger partial charge >= 0.3 is 5.97 Å². The molecule has 0 fully saturated rings. The largest absolute Gasteiger partial charge is 0.481 e. The SMILES string of the molecule is Cc1ccc(CCC(C)C(=O)O)cc1CCc1cccc(-c2ccccc2)c1C. The van der Waals surface area contributed by atoms with Crippen LogP contribution in [0.4, 0.5) is 0 Å². The van der Waals surface area contributed by atoms with Crippen molar-refractivity contribution < 1.29 is 9.90 Å². The normalized spacial score (nSPS) is 12.0. The lowest BCUT2D eigenvalue weighted by atomic mass is 9.91. The first-order chi connectivity index (χ1) is 14.0. The van der Waals surface area contributed by atoms with Gasteiger partial charge in [-0.2, -0.15) is 0 Å². The predicted molar refractivity (Wildman–Crippen MR) is 120 cm³/mol. The van der Waals surface area contributed by atoms with Gasteiger partial charge in [0.2, 0.25) is 0 Å². The molecule has 0 saturated carbocycles. The molecule has 0 aliphatic carbocycles. The molecule has 2 heteroatoms. The Morgan fingerprint density at radius 1 is 0.862 bits per heavy atom. The molecule has 3 aromatic rings. The number of hydrogen-bond acceptors (Lipinski definition) is 1. The average molecular weight is 387 g/mol. The Labute approximate surface area is 174 Å². The first-order valence-electron chi connectivity index (χ1n) is 10.4. The van der Waals surface area contributed by atoms with Gasteiger partial charge in [0.25, 0.3) is 0 Å². The van der Waals surface area contributed by atoms with E-state index in [1.54, 1.807) is 6.92 Å². The highest BCUT2D eigenvalue weighted by Gasteiger charge is 2.11. The summed E-state index contributed by atoms with van der Waals surface area (Å²) in [6, 6.07) is 23.7. The molecule has 0 spiro atoms. The second-order valence-corrected chi connectivity index (χ2v) is 7.99. The molecule has 29 heavy (non-hydrogen) atoms. The molecule has 150 valence electrons. The van der Waals surface area contributed by atoms with Crippen LogP contribution in [-0.2, 0) is 24.1 Å². The van der Waals surface area contributed by atoms with Gasteiger partial charge in [-0.25, -0.2) is 0 Å². The van der Waals surface area contributed by atoms with E-state index in [0.717, 1.165) is 19.3 Å². The maximum atomic E-state index is 11.1. The summed E-state index contributed by atoms with van der Waals surface area (Å²) in [4.78, 5) is 11.1. The molecule has 1 unspecified atom stereocenters. The third-order valence-corrected chi connectivity index (χ3v) is 5.90. The molecule has 0 heterocycles. The van der Waals surface area contributed by atoms with E-state index >= 15 is 0 Å². The van der Waals surface area contributed by atoms with E-state index in [0.29, 0.717) is 6.42 Å². The van der Waals surface area contributed by atoms with Crippen molar-refractivity contribution in [3.8, 4) is 11.1 Å². The van der Waals surface area contributed by atoms with Crippen LogP contribution in [0.15, 0.2) is 66.7 Å². The molecule has 0 aromatic heterocycles. The zero-order valence-corrected chi connectivity index (χ0v) is 17.6. The second-order valence-electron chi connectivity index (χ2n) is 7.99. The standard InChI is InChI=1S/C27H30O2/c1-19-12-14-22(15-13-20(2)27(28)29)18-25(19)17-16-23-10-7-11-26(21(23)3)24-8-5-4-6-9-24/h4-12,14,18,20H,13,15-17H2,1-3H3,(H,28,29). The fourth-order valence-corrected chi connectivity index (χ4v) is 3.81. The number of benzene rings is 3. The topological polar surface area (TPSA) is 37.3 Å². The van der Waals surface area contributed by atoms with Gasteiger partial charge in [0, 0.05) is 0 Å². The lowest BCUT2D eigenvalue weighted by molar-refractivity contribution is -0.141. The Morgan fingerprint density at radius 2 is 1.59 bits per heavy atom. The van der Waals surface area contributed by atoms with Crippen molar-refractivity contribution in [3.05, 3.63) is 94.5 Å². The fourth-order valence-electron chi connectivity index (χ4n) is 3.81. The lowest BCUT2D eigenvalue weighted by Gasteiger charge is -2.14. The fraction of sp³-hybridized carbons (Fsp3) is 0.296. The maximum Gasteiger partial charge on any atom is 0.306 e. The van der Waals surface area contributed by atoms with Gasteiger partial charge in [-0.1, -0.05) is 73.7 Å². The Kier molecular flexibility index (Phi) is 6.87. The molecule has 0 amide bonds. The van der Waals surface area contributed by atoms with Crippen LogP contribution in [0.3, 0.4) is 0 Å².